The summed E-state index contributed by atoms with van der Waals surface area (Å²) >= 11 is 0. The minimum atomic E-state index is -0.499. The van der Waals surface area contributed by atoms with E-state index in [-0.39, 0.29) is 12.1 Å². The molecule has 6 heteroatoms. The zero-order chi connectivity index (χ0) is 18.2. The van der Waals surface area contributed by atoms with Crippen molar-refractivity contribution in [1.29, 1.82) is 0 Å². The van der Waals surface area contributed by atoms with E-state index in [0.29, 0.717) is 6.41 Å². The van der Waals surface area contributed by atoms with E-state index in [2.05, 4.69) is 10.3 Å². The predicted octanol–water partition coefficient (Wildman–Crippen LogP) is 3.46. The van der Waals surface area contributed by atoms with Crippen LogP contribution >= 0.6 is 0 Å². The van der Waals surface area contributed by atoms with E-state index in [0.717, 1.165) is 35.9 Å². The van der Waals surface area contributed by atoms with E-state index < -0.39 is 5.60 Å². The van der Waals surface area contributed by atoms with E-state index in [1.165, 1.54) is 11.3 Å². The number of aromatic amines is 1. The minimum Gasteiger partial charge on any atom is -0.444 e. The van der Waals surface area contributed by atoms with Crippen molar-refractivity contribution in [2.75, 3.05) is 12.4 Å². The molecule has 0 spiro atoms. The molecule has 0 saturated carbocycles. The molecule has 25 heavy (non-hydrogen) atoms. The molecule has 3 rings (SSSR count). The number of amides is 2. The highest BCUT2D eigenvalue weighted by atomic mass is 16.6. The Bertz CT molecular complexity index is 804. The summed E-state index contributed by atoms with van der Waals surface area (Å²) in [6, 6.07) is 5.94. The lowest BCUT2D eigenvalue weighted by atomic mass is 9.90. The number of aromatic nitrogens is 1. The summed E-state index contributed by atoms with van der Waals surface area (Å²) in [6.45, 7) is 5.62. The molecular weight excluding hydrogens is 318 g/mol. The van der Waals surface area contributed by atoms with Crippen molar-refractivity contribution in [3.63, 3.8) is 0 Å². The maximum absolute atomic E-state index is 12.4. The quantitative estimate of drug-likeness (QED) is 0.838. The summed E-state index contributed by atoms with van der Waals surface area (Å²) in [5, 5.41) is 3.80. The van der Waals surface area contributed by atoms with E-state index in [9.17, 15) is 9.59 Å². The third-order valence-corrected chi connectivity index (χ3v) is 4.62. The zero-order valence-corrected chi connectivity index (χ0v) is 15.2. The van der Waals surface area contributed by atoms with Crippen LogP contribution in [0, 0.1) is 0 Å². The second-order valence-electron chi connectivity index (χ2n) is 7.59. The van der Waals surface area contributed by atoms with E-state index in [1.54, 1.807) is 11.9 Å². The molecule has 1 aliphatic carbocycles. The van der Waals surface area contributed by atoms with Gasteiger partial charge in [0, 0.05) is 35.4 Å². The molecule has 1 aromatic carbocycles. The summed E-state index contributed by atoms with van der Waals surface area (Å²) in [6.07, 6.45) is 2.95. The first-order valence-electron chi connectivity index (χ1n) is 8.58. The summed E-state index contributed by atoms with van der Waals surface area (Å²) in [7, 11) is 1.80. The third kappa shape index (κ3) is 3.62. The van der Waals surface area contributed by atoms with Gasteiger partial charge in [0.1, 0.15) is 5.60 Å². The van der Waals surface area contributed by atoms with Crippen molar-refractivity contribution in [3.8, 4) is 0 Å². The monoisotopic (exact) mass is 343 g/mol. The standard InChI is InChI=1S/C19H25N3O3/c1-19(2,3)25-18(24)22(4)13-6-8-17-15(10-13)14-9-12(20-11-23)5-7-16(14)21-17/h5,7,9,11,13,21H,6,8,10H2,1-4H3,(H,20,23). The lowest BCUT2D eigenvalue weighted by Gasteiger charge is -2.33. The Morgan fingerprint density at radius 2 is 2.16 bits per heavy atom. The third-order valence-electron chi connectivity index (χ3n) is 4.62. The van der Waals surface area contributed by atoms with Crippen molar-refractivity contribution in [2.24, 2.45) is 0 Å². The number of carbonyl (C=O) groups excluding carboxylic acids is 2. The number of benzene rings is 1. The van der Waals surface area contributed by atoms with Gasteiger partial charge in [-0.3, -0.25) is 4.79 Å². The number of likely N-dealkylation sites (N-methyl/N-ethyl adjacent to an activating group) is 1. The Balaban J connectivity index is 1.84. The normalized spacial score (nSPS) is 17.0. The fraction of sp³-hybridized carbons (Fsp3) is 0.474. The van der Waals surface area contributed by atoms with Gasteiger partial charge in [0.05, 0.1) is 0 Å². The number of nitrogens with zero attached hydrogens (tertiary/aromatic N) is 1. The molecule has 134 valence electrons. The Hall–Kier alpha value is -2.50. The van der Waals surface area contributed by atoms with Crippen molar-refractivity contribution >= 4 is 29.1 Å². The van der Waals surface area contributed by atoms with Crippen LogP contribution in [0.3, 0.4) is 0 Å². The molecule has 1 atom stereocenters. The zero-order valence-electron chi connectivity index (χ0n) is 15.2. The Morgan fingerprint density at radius 1 is 1.40 bits per heavy atom. The number of rotatable bonds is 3. The average Bonchev–Trinajstić information content (AvgIpc) is 2.90. The van der Waals surface area contributed by atoms with Crippen LogP contribution in [0.15, 0.2) is 18.2 Å². The van der Waals surface area contributed by atoms with Gasteiger partial charge >= 0.3 is 6.09 Å². The molecule has 6 nitrogen and oxygen atoms in total. The first-order chi connectivity index (χ1) is 11.8. The van der Waals surface area contributed by atoms with Gasteiger partial charge in [0.15, 0.2) is 0 Å². The van der Waals surface area contributed by atoms with Crippen LogP contribution in [0.5, 0.6) is 0 Å². The van der Waals surface area contributed by atoms with Gasteiger partial charge in [0.25, 0.3) is 0 Å². The summed E-state index contributed by atoms with van der Waals surface area (Å²) < 4.78 is 5.49. The first kappa shape index (κ1) is 17.3. The SMILES string of the molecule is CN(C(=O)OC(C)(C)C)C1CCc2[nH]c3ccc(NC=O)cc3c2C1. The lowest BCUT2D eigenvalue weighted by Crippen LogP contribution is -2.43. The molecule has 1 heterocycles. The average molecular weight is 343 g/mol. The number of hydrogen-bond donors (Lipinski definition) is 2. The number of nitrogens with one attached hydrogen (secondary N) is 2. The highest BCUT2D eigenvalue weighted by Crippen LogP contribution is 2.32. The second-order valence-corrected chi connectivity index (χ2v) is 7.59. The number of carbonyl (C=O) groups is 2. The largest absolute Gasteiger partial charge is 0.444 e. The molecule has 0 saturated heterocycles. The van der Waals surface area contributed by atoms with Crippen LogP contribution in [-0.2, 0) is 22.4 Å². The van der Waals surface area contributed by atoms with Crippen molar-refractivity contribution < 1.29 is 14.3 Å². The predicted molar refractivity (Wildman–Crippen MR) is 97.8 cm³/mol. The van der Waals surface area contributed by atoms with Gasteiger partial charge in [-0.15, -0.1) is 0 Å². The number of anilines is 1. The van der Waals surface area contributed by atoms with E-state index in [1.807, 2.05) is 39.0 Å². The smallest absolute Gasteiger partial charge is 0.410 e. The maximum atomic E-state index is 12.4. The molecule has 1 aromatic heterocycles. The van der Waals surface area contributed by atoms with Gasteiger partial charge in [-0.1, -0.05) is 0 Å². The van der Waals surface area contributed by atoms with Crippen LogP contribution < -0.4 is 5.32 Å². The van der Waals surface area contributed by atoms with Crippen molar-refractivity contribution in [3.05, 3.63) is 29.5 Å². The summed E-state index contributed by atoms with van der Waals surface area (Å²) in [5.74, 6) is 0. The summed E-state index contributed by atoms with van der Waals surface area (Å²) in [5.41, 5.74) is 3.76. The maximum Gasteiger partial charge on any atom is 0.410 e. The van der Waals surface area contributed by atoms with Crippen LogP contribution in [0.25, 0.3) is 10.9 Å². The molecule has 2 amide bonds. The molecule has 2 aromatic rings. The molecule has 1 unspecified atom stereocenters. The van der Waals surface area contributed by atoms with Gasteiger partial charge in [-0.2, -0.15) is 0 Å². The fourth-order valence-corrected chi connectivity index (χ4v) is 3.37. The summed E-state index contributed by atoms with van der Waals surface area (Å²) in [4.78, 5) is 28.2. The molecule has 1 aliphatic rings. The Labute approximate surface area is 147 Å². The minimum absolute atomic E-state index is 0.101. The molecular formula is C19H25N3O3. The Morgan fingerprint density at radius 3 is 2.84 bits per heavy atom. The number of fused-ring (bicyclic) bond motifs is 3. The number of aryl methyl sites for hydroxylation is 1. The van der Waals surface area contributed by atoms with E-state index >= 15 is 0 Å². The molecule has 0 fully saturated rings. The van der Waals surface area contributed by atoms with Crippen LogP contribution in [0.1, 0.15) is 38.4 Å². The molecule has 0 radical (unpaired) electrons. The number of hydrogen-bond acceptors (Lipinski definition) is 3. The fourth-order valence-electron chi connectivity index (χ4n) is 3.37. The van der Waals surface area contributed by atoms with Crippen LogP contribution in [0.4, 0.5) is 10.5 Å². The topological polar surface area (TPSA) is 74.4 Å². The van der Waals surface area contributed by atoms with E-state index in [4.69, 9.17) is 4.74 Å². The lowest BCUT2D eigenvalue weighted by molar-refractivity contribution is -0.105. The van der Waals surface area contributed by atoms with Gasteiger partial charge in [-0.05, 0) is 63.8 Å². The van der Waals surface area contributed by atoms with Gasteiger partial charge in [-0.25, -0.2) is 4.79 Å². The first-order valence-corrected chi connectivity index (χ1v) is 8.58. The van der Waals surface area contributed by atoms with Crippen molar-refractivity contribution in [1.82, 2.24) is 9.88 Å². The van der Waals surface area contributed by atoms with Crippen LogP contribution in [-0.4, -0.2) is 41.1 Å². The molecule has 0 bridgehead atoms. The highest BCUT2D eigenvalue weighted by molar-refractivity contribution is 5.90. The Kier molecular flexibility index (Phi) is 4.45. The number of ether oxygens (including phenoxy) is 1. The van der Waals surface area contributed by atoms with Crippen LogP contribution in [0.2, 0.25) is 0 Å². The number of H-pyrrole nitrogens is 1. The van der Waals surface area contributed by atoms with Gasteiger partial charge < -0.3 is 19.9 Å². The van der Waals surface area contributed by atoms with Crippen molar-refractivity contribution in [2.45, 2.75) is 51.7 Å². The second kappa shape index (κ2) is 6.43. The van der Waals surface area contributed by atoms with Gasteiger partial charge in [0.2, 0.25) is 6.41 Å². The molecule has 0 aliphatic heterocycles. The highest BCUT2D eigenvalue weighted by Gasteiger charge is 2.30. The molecule has 2 N–H and O–H groups in total.